The van der Waals surface area contributed by atoms with Crippen LogP contribution in [0.25, 0.3) is 0 Å². The molecule has 0 bridgehead atoms. The molecule has 1 aromatic carbocycles. The molecule has 0 radical (unpaired) electrons. The van der Waals surface area contributed by atoms with Gasteiger partial charge in [0.15, 0.2) is 6.04 Å². The Labute approximate surface area is 121 Å². The van der Waals surface area contributed by atoms with Crippen LogP contribution in [-0.4, -0.2) is 42.1 Å². The fraction of sp³-hybridized carbons (Fsp3) is 0.385. The largest absolute Gasteiger partial charge is 0.479 e. The molecule has 1 aliphatic heterocycles. The van der Waals surface area contributed by atoms with Crippen molar-refractivity contribution in [1.82, 2.24) is 4.90 Å². The number of hydrogen-bond acceptors (Lipinski definition) is 4. The molecule has 0 aromatic heterocycles. The maximum atomic E-state index is 13.0. The number of carbonyl (C=O) groups is 2. The number of nitrogens with zero attached hydrogens (tertiary/aromatic N) is 1. The standard InChI is InChI=1S/C13H14FNO5S/c1-8-4-2-3-5-10(8)12(13(17)18)15-7-9(6-11(15)16)21(14,19)20/h2-5,9,12H,6-7H2,1H3,(H,17,18). The van der Waals surface area contributed by atoms with Gasteiger partial charge in [-0.15, -0.1) is 3.89 Å². The summed E-state index contributed by atoms with van der Waals surface area (Å²) in [5, 5.41) is 7.88. The van der Waals surface area contributed by atoms with Gasteiger partial charge in [0.2, 0.25) is 5.91 Å². The van der Waals surface area contributed by atoms with E-state index in [1.165, 1.54) is 0 Å². The van der Waals surface area contributed by atoms with Crippen molar-refractivity contribution in [2.75, 3.05) is 6.54 Å². The summed E-state index contributed by atoms with van der Waals surface area (Å²) in [6, 6.07) is 5.28. The van der Waals surface area contributed by atoms with Gasteiger partial charge in [0.05, 0.1) is 0 Å². The van der Waals surface area contributed by atoms with Gasteiger partial charge in [0, 0.05) is 13.0 Å². The summed E-state index contributed by atoms with van der Waals surface area (Å²) in [5.74, 6) is -1.97. The van der Waals surface area contributed by atoms with Crippen molar-refractivity contribution < 1.29 is 27.0 Å². The van der Waals surface area contributed by atoms with Gasteiger partial charge in [0.25, 0.3) is 0 Å². The van der Waals surface area contributed by atoms with E-state index >= 15 is 0 Å². The molecule has 1 fully saturated rings. The highest BCUT2D eigenvalue weighted by molar-refractivity contribution is 7.87. The second-order valence-electron chi connectivity index (χ2n) is 4.95. The van der Waals surface area contributed by atoms with Crippen molar-refractivity contribution in [3.05, 3.63) is 35.4 Å². The fourth-order valence-electron chi connectivity index (χ4n) is 2.46. The number of benzene rings is 1. The van der Waals surface area contributed by atoms with Crippen LogP contribution in [0.1, 0.15) is 23.6 Å². The van der Waals surface area contributed by atoms with Crippen LogP contribution in [0.2, 0.25) is 0 Å². The molecular weight excluding hydrogens is 301 g/mol. The molecule has 1 saturated heterocycles. The van der Waals surface area contributed by atoms with Gasteiger partial charge in [-0.05, 0) is 18.1 Å². The van der Waals surface area contributed by atoms with Gasteiger partial charge in [-0.3, -0.25) is 4.79 Å². The third-order valence-corrected chi connectivity index (χ3v) is 4.66. The molecule has 0 aliphatic carbocycles. The van der Waals surface area contributed by atoms with Crippen LogP contribution in [0.5, 0.6) is 0 Å². The molecule has 2 atom stereocenters. The van der Waals surface area contributed by atoms with Gasteiger partial charge in [-0.2, -0.15) is 8.42 Å². The summed E-state index contributed by atoms with van der Waals surface area (Å²) >= 11 is 0. The van der Waals surface area contributed by atoms with Gasteiger partial charge in [-0.25, -0.2) is 4.79 Å². The van der Waals surface area contributed by atoms with Crippen molar-refractivity contribution in [3.8, 4) is 0 Å². The Bertz CT molecular complexity index is 688. The van der Waals surface area contributed by atoms with E-state index < -0.39 is 46.4 Å². The van der Waals surface area contributed by atoms with Crippen molar-refractivity contribution in [2.24, 2.45) is 0 Å². The smallest absolute Gasteiger partial charge is 0.331 e. The molecule has 6 nitrogen and oxygen atoms in total. The Morgan fingerprint density at radius 1 is 1.43 bits per heavy atom. The fourth-order valence-corrected chi connectivity index (χ4v) is 3.14. The van der Waals surface area contributed by atoms with E-state index in [-0.39, 0.29) is 0 Å². The topological polar surface area (TPSA) is 91.8 Å². The van der Waals surface area contributed by atoms with Crippen LogP contribution in [0.3, 0.4) is 0 Å². The van der Waals surface area contributed by atoms with E-state index in [1.807, 2.05) is 0 Å². The zero-order chi connectivity index (χ0) is 15.8. The lowest BCUT2D eigenvalue weighted by Crippen LogP contribution is -2.36. The number of aryl methyl sites for hydroxylation is 1. The van der Waals surface area contributed by atoms with Crippen molar-refractivity contribution in [2.45, 2.75) is 24.6 Å². The summed E-state index contributed by atoms with van der Waals surface area (Å²) in [5.41, 5.74) is 1.04. The minimum absolute atomic E-state index is 0.384. The van der Waals surface area contributed by atoms with E-state index in [9.17, 15) is 27.0 Å². The molecule has 1 N–H and O–H groups in total. The first-order chi connectivity index (χ1) is 9.71. The minimum atomic E-state index is -4.88. The van der Waals surface area contributed by atoms with Crippen LogP contribution in [0.15, 0.2) is 24.3 Å². The predicted molar refractivity (Wildman–Crippen MR) is 71.7 cm³/mol. The lowest BCUT2D eigenvalue weighted by Gasteiger charge is -2.26. The summed E-state index contributed by atoms with van der Waals surface area (Å²) in [7, 11) is -4.88. The van der Waals surface area contributed by atoms with Crippen LogP contribution < -0.4 is 0 Å². The number of likely N-dealkylation sites (tertiary alicyclic amines) is 1. The molecule has 114 valence electrons. The van der Waals surface area contributed by atoms with Gasteiger partial charge < -0.3 is 10.0 Å². The molecule has 8 heteroatoms. The molecule has 21 heavy (non-hydrogen) atoms. The Balaban J connectivity index is 2.39. The molecule has 1 aliphatic rings. The molecule has 1 amide bonds. The summed E-state index contributed by atoms with van der Waals surface area (Å²) in [4.78, 5) is 24.3. The Hall–Kier alpha value is -1.96. The summed E-state index contributed by atoms with van der Waals surface area (Å²) < 4.78 is 34.9. The zero-order valence-corrected chi connectivity index (χ0v) is 12.0. The second-order valence-corrected chi connectivity index (χ2v) is 6.56. The summed E-state index contributed by atoms with van der Waals surface area (Å²) in [6.45, 7) is 1.23. The lowest BCUT2D eigenvalue weighted by molar-refractivity contribution is -0.148. The number of hydrogen-bond donors (Lipinski definition) is 1. The predicted octanol–water partition coefficient (Wildman–Crippen LogP) is 1.02. The normalized spacial score (nSPS) is 20.6. The first-order valence-corrected chi connectivity index (χ1v) is 7.67. The molecule has 0 spiro atoms. The average molecular weight is 315 g/mol. The van der Waals surface area contributed by atoms with Crippen LogP contribution >= 0.6 is 0 Å². The van der Waals surface area contributed by atoms with Gasteiger partial charge in [0.1, 0.15) is 5.25 Å². The molecule has 0 saturated carbocycles. The van der Waals surface area contributed by atoms with Gasteiger partial charge in [-0.1, -0.05) is 24.3 Å². The Morgan fingerprint density at radius 2 is 2.05 bits per heavy atom. The average Bonchev–Trinajstić information content (AvgIpc) is 2.74. The lowest BCUT2D eigenvalue weighted by atomic mass is 10.0. The van der Waals surface area contributed by atoms with Crippen LogP contribution in [0.4, 0.5) is 3.89 Å². The number of halogens is 1. The van der Waals surface area contributed by atoms with Gasteiger partial charge >= 0.3 is 16.2 Å². The molecule has 2 rings (SSSR count). The molecule has 1 heterocycles. The zero-order valence-electron chi connectivity index (χ0n) is 11.2. The number of aliphatic carboxylic acids is 1. The minimum Gasteiger partial charge on any atom is -0.479 e. The Morgan fingerprint density at radius 3 is 2.52 bits per heavy atom. The first-order valence-electron chi connectivity index (χ1n) is 6.23. The number of carbonyl (C=O) groups excluding carboxylic acids is 1. The number of carboxylic acids is 1. The third kappa shape index (κ3) is 3.05. The monoisotopic (exact) mass is 315 g/mol. The van der Waals surface area contributed by atoms with Crippen LogP contribution in [0, 0.1) is 6.92 Å². The maximum absolute atomic E-state index is 13.0. The van der Waals surface area contributed by atoms with Crippen molar-refractivity contribution >= 4 is 22.1 Å². The van der Waals surface area contributed by atoms with E-state index in [2.05, 4.69) is 0 Å². The quantitative estimate of drug-likeness (QED) is 0.838. The van der Waals surface area contributed by atoms with Crippen LogP contribution in [-0.2, 0) is 19.8 Å². The van der Waals surface area contributed by atoms with Crippen molar-refractivity contribution in [1.29, 1.82) is 0 Å². The first kappa shape index (κ1) is 15.4. The third-order valence-electron chi connectivity index (χ3n) is 3.55. The number of amides is 1. The molecule has 2 unspecified atom stereocenters. The van der Waals surface area contributed by atoms with E-state index in [1.54, 1.807) is 31.2 Å². The van der Waals surface area contributed by atoms with E-state index in [0.29, 0.717) is 11.1 Å². The summed E-state index contributed by atoms with van der Waals surface area (Å²) in [6.07, 6.45) is -0.533. The highest BCUT2D eigenvalue weighted by Crippen LogP contribution is 2.31. The number of carboxylic acid groups (broad SMARTS) is 1. The SMILES string of the molecule is Cc1ccccc1C(C(=O)O)N1CC(S(=O)(=O)F)CC1=O. The Kier molecular flexibility index (Phi) is 3.99. The van der Waals surface area contributed by atoms with E-state index in [0.717, 1.165) is 4.90 Å². The second kappa shape index (κ2) is 5.44. The molecular formula is C13H14FNO5S. The number of rotatable bonds is 4. The highest BCUT2D eigenvalue weighted by Gasteiger charge is 2.44. The van der Waals surface area contributed by atoms with E-state index in [4.69, 9.17) is 0 Å². The highest BCUT2D eigenvalue weighted by atomic mass is 32.3. The molecule has 1 aromatic rings. The maximum Gasteiger partial charge on any atom is 0.331 e. The van der Waals surface area contributed by atoms with Crippen molar-refractivity contribution in [3.63, 3.8) is 0 Å².